The zero-order valence-corrected chi connectivity index (χ0v) is 39.8. The van der Waals surface area contributed by atoms with Crippen LogP contribution in [0, 0.1) is 227 Å². The van der Waals surface area contributed by atoms with Gasteiger partial charge >= 0.3 is 6.15 Å². The van der Waals surface area contributed by atoms with Crippen molar-refractivity contribution in [3.63, 3.8) is 0 Å². The number of imidazole rings is 1. The molecule has 2 atom stereocenters. The molecule has 342 valence electrons. The van der Waals surface area contributed by atoms with E-state index in [1.807, 2.05) is 11.8 Å². The first-order valence-electron chi connectivity index (χ1n) is 20.7. The molecule has 2 aromatic heterocycles. The summed E-state index contributed by atoms with van der Waals surface area (Å²) >= 11 is 6.17. The SMILES string of the molecule is CC#CC#CC#CC#CC#CC#CC#CC#CC#CC#CC#CC#CC#CC#CC#CC#CC#CC.Cc1ncc(-c2cc(F)cc(Cl)c2)c(N2CC[C@@H](N)[C@@H](O)C2)c1-c1nc2c(C)cc(F)cc2[nH]1.O=C=O. The lowest BCUT2D eigenvalue weighted by Crippen LogP contribution is -2.51. The number of anilines is 1. The van der Waals surface area contributed by atoms with Crippen LogP contribution < -0.4 is 10.6 Å². The molecular formula is C62H30ClF2N5O3. The summed E-state index contributed by atoms with van der Waals surface area (Å²) in [6.07, 6.45) is 1.77. The number of hydrogen-bond acceptors (Lipinski definition) is 7. The van der Waals surface area contributed by atoms with E-state index in [1.165, 1.54) is 24.3 Å². The van der Waals surface area contributed by atoms with Crippen LogP contribution in [0.4, 0.5) is 14.5 Å². The Labute approximate surface area is 429 Å². The fourth-order valence-corrected chi connectivity index (χ4v) is 5.93. The van der Waals surface area contributed by atoms with Crippen molar-refractivity contribution in [2.24, 2.45) is 5.73 Å². The van der Waals surface area contributed by atoms with Gasteiger partial charge in [-0.1, -0.05) is 23.4 Å². The molecule has 0 amide bonds. The molecule has 0 spiro atoms. The van der Waals surface area contributed by atoms with Crippen molar-refractivity contribution >= 4 is 34.5 Å². The number of pyridine rings is 1. The van der Waals surface area contributed by atoms with Crippen LogP contribution in [0.2, 0.25) is 5.02 Å². The standard InChI is InChI=1S/C36H6.C25H24ClF2N5O.CO2/c1-3-5-7-9-11-13-15-17-19-21-23-25-27-29-31-33-35-36-34-32-30-28-26-24-22-20-18-16-14-12-10-8-6-4-2;1-12-5-16(27)9-20-23(12)32-25(31-20)22-13(2)30-10-18(14-6-15(26)8-17(28)7-14)24(22)33-4-3-19(29)21(34)11-33;2-1-3/h1-2H3;5-10,19,21,34H,3-4,11,29H2,1-2H3,(H,31,32);/t;19-,21+;/m.1./s1. The van der Waals surface area contributed by atoms with E-state index in [9.17, 15) is 13.9 Å². The molecule has 1 aliphatic rings. The number of aromatic amines is 1. The van der Waals surface area contributed by atoms with Crippen molar-refractivity contribution in [1.29, 1.82) is 0 Å². The van der Waals surface area contributed by atoms with Gasteiger partial charge in [0.25, 0.3) is 0 Å². The number of hydrogen-bond donors (Lipinski definition) is 3. The minimum atomic E-state index is -0.731. The van der Waals surface area contributed by atoms with Crippen molar-refractivity contribution in [3.05, 3.63) is 64.4 Å². The smallest absolute Gasteiger partial charge is 0.373 e. The van der Waals surface area contributed by atoms with Gasteiger partial charge in [0.15, 0.2) is 0 Å². The number of rotatable bonds is 3. The highest BCUT2D eigenvalue weighted by Gasteiger charge is 2.30. The molecule has 0 radical (unpaired) electrons. The Kier molecular flexibility index (Phi) is 25.6. The summed E-state index contributed by atoms with van der Waals surface area (Å²) in [5, 5.41) is 10.8. The minimum Gasteiger partial charge on any atom is -0.390 e. The summed E-state index contributed by atoms with van der Waals surface area (Å²) in [5.74, 6) is 85.3. The second-order valence-corrected chi connectivity index (χ2v) is 13.8. The highest BCUT2D eigenvalue weighted by molar-refractivity contribution is 6.31. The minimum absolute atomic E-state index is 0.250. The molecule has 4 N–H and O–H groups in total. The van der Waals surface area contributed by atoms with E-state index in [1.54, 1.807) is 33.0 Å². The zero-order valence-electron chi connectivity index (χ0n) is 39.1. The number of aromatic nitrogens is 3. The maximum Gasteiger partial charge on any atom is 0.373 e. The van der Waals surface area contributed by atoms with Gasteiger partial charge in [0.05, 0.1) is 34.1 Å². The topological polar surface area (TPSA) is 125 Å². The summed E-state index contributed by atoms with van der Waals surface area (Å²) in [6.45, 7) is 7.91. The van der Waals surface area contributed by atoms with E-state index < -0.39 is 11.9 Å². The van der Waals surface area contributed by atoms with E-state index in [-0.39, 0.29) is 23.0 Å². The average Bonchev–Trinajstić information content (AvgIpc) is 3.79. The Hall–Kier alpha value is -11.2. The van der Waals surface area contributed by atoms with Gasteiger partial charge in [0.2, 0.25) is 0 Å². The lowest BCUT2D eigenvalue weighted by atomic mass is 9.96. The predicted molar refractivity (Wildman–Crippen MR) is 279 cm³/mol. The molecule has 0 unspecified atom stereocenters. The van der Waals surface area contributed by atoms with Gasteiger partial charge < -0.3 is 20.7 Å². The van der Waals surface area contributed by atoms with Gasteiger partial charge in [0, 0.05) is 131 Å². The van der Waals surface area contributed by atoms with Gasteiger partial charge in [-0.15, -0.1) is 0 Å². The first-order chi connectivity index (χ1) is 35.5. The van der Waals surface area contributed by atoms with E-state index in [4.69, 9.17) is 31.9 Å². The Bertz CT molecular complexity index is 3850. The summed E-state index contributed by atoms with van der Waals surface area (Å²) in [7, 11) is 0. The lowest BCUT2D eigenvalue weighted by molar-refractivity contribution is -0.191. The molecule has 1 aliphatic heterocycles. The molecule has 2 aromatic carbocycles. The number of H-pyrrole nitrogens is 1. The number of nitrogens with one attached hydrogen (secondary N) is 1. The van der Waals surface area contributed by atoms with Crippen LogP contribution >= 0.6 is 11.6 Å². The van der Waals surface area contributed by atoms with Gasteiger partial charge in [0.1, 0.15) is 17.5 Å². The second-order valence-electron chi connectivity index (χ2n) is 13.4. The Morgan fingerprint density at radius 2 is 1.03 bits per heavy atom. The lowest BCUT2D eigenvalue weighted by Gasteiger charge is -2.37. The highest BCUT2D eigenvalue weighted by atomic mass is 35.5. The Balaban J connectivity index is 0.000000365. The molecule has 1 fully saturated rings. The molecule has 73 heavy (non-hydrogen) atoms. The summed E-state index contributed by atoms with van der Waals surface area (Å²) < 4.78 is 28.3. The largest absolute Gasteiger partial charge is 0.390 e. The number of carbonyl (C=O) groups excluding carboxylic acids is 2. The molecule has 0 saturated carbocycles. The van der Waals surface area contributed by atoms with Crippen molar-refractivity contribution in [2.45, 2.75) is 46.3 Å². The summed E-state index contributed by atoms with van der Waals surface area (Å²) in [4.78, 5) is 30.8. The van der Waals surface area contributed by atoms with Crippen LogP contribution in [0.5, 0.6) is 0 Å². The number of fused-ring (bicyclic) bond motifs is 1. The third kappa shape index (κ3) is 21.1. The number of aliphatic hydroxyl groups is 1. The van der Waals surface area contributed by atoms with Gasteiger partial charge in [-0.2, -0.15) is 9.59 Å². The predicted octanol–water partition coefficient (Wildman–Crippen LogP) is 5.24. The van der Waals surface area contributed by atoms with E-state index in [2.05, 4.69) is 211 Å². The van der Waals surface area contributed by atoms with Crippen LogP contribution in [0.3, 0.4) is 0 Å². The number of nitrogens with zero attached hydrogens (tertiary/aromatic N) is 3. The van der Waals surface area contributed by atoms with Crippen LogP contribution in [0.1, 0.15) is 31.5 Å². The van der Waals surface area contributed by atoms with E-state index in [0.717, 1.165) is 5.69 Å². The first-order valence-corrected chi connectivity index (χ1v) is 21.1. The maximum atomic E-state index is 14.3. The number of β-amino-alcohol motifs (C(OH)–C–C–N with tert-alkyl or cyclic N) is 1. The molecule has 1 saturated heterocycles. The number of halogens is 3. The molecule has 5 rings (SSSR count). The van der Waals surface area contributed by atoms with Crippen molar-refractivity contribution in [1.82, 2.24) is 15.0 Å². The van der Waals surface area contributed by atoms with Crippen molar-refractivity contribution in [3.8, 4) is 224 Å². The summed E-state index contributed by atoms with van der Waals surface area (Å²) in [5.41, 5.74) is 11.3. The Morgan fingerprint density at radius 3 is 1.41 bits per heavy atom. The summed E-state index contributed by atoms with van der Waals surface area (Å²) in [6, 6.07) is 6.83. The molecule has 0 bridgehead atoms. The van der Waals surface area contributed by atoms with Crippen molar-refractivity contribution in [2.75, 3.05) is 18.0 Å². The second kappa shape index (κ2) is 33.3. The number of nitrogens with two attached hydrogens (primary N) is 1. The highest BCUT2D eigenvalue weighted by Crippen LogP contribution is 2.42. The molecule has 8 nitrogen and oxygen atoms in total. The average molecular weight is 966 g/mol. The first kappa shape index (κ1) is 56.2. The zero-order chi connectivity index (χ0) is 52.9. The van der Waals surface area contributed by atoms with Crippen LogP contribution in [-0.4, -0.2) is 51.4 Å². The number of aliphatic hydroxyl groups excluding tert-OH is 1. The molecular weight excluding hydrogens is 936 g/mol. The van der Waals surface area contributed by atoms with Crippen LogP contribution in [-0.2, 0) is 9.59 Å². The quantitative estimate of drug-likeness (QED) is 0.240. The van der Waals surface area contributed by atoms with E-state index in [0.29, 0.717) is 64.3 Å². The van der Waals surface area contributed by atoms with Gasteiger partial charge in [-0.3, -0.25) is 4.98 Å². The third-order valence-electron chi connectivity index (χ3n) is 8.53. The van der Waals surface area contributed by atoms with Crippen LogP contribution in [0.25, 0.3) is 33.5 Å². The maximum absolute atomic E-state index is 14.3. The van der Waals surface area contributed by atoms with Gasteiger partial charge in [-0.25, -0.2) is 13.8 Å². The normalized spacial score (nSPS) is 10.7. The van der Waals surface area contributed by atoms with E-state index >= 15 is 0 Å². The fourth-order valence-electron chi connectivity index (χ4n) is 5.71. The van der Waals surface area contributed by atoms with Crippen LogP contribution in [0.15, 0.2) is 36.5 Å². The molecule has 3 heterocycles. The molecule has 4 aromatic rings. The van der Waals surface area contributed by atoms with Crippen molar-refractivity contribution < 1.29 is 23.5 Å². The molecule has 0 aliphatic carbocycles. The number of aryl methyl sites for hydroxylation is 2. The monoisotopic (exact) mass is 965 g/mol. The number of benzene rings is 2. The third-order valence-corrected chi connectivity index (χ3v) is 8.75. The Morgan fingerprint density at radius 1 is 0.630 bits per heavy atom. The number of piperidine rings is 1. The fraction of sp³-hybridized carbons (Fsp3) is 0.145. The molecule has 11 heteroatoms. The van der Waals surface area contributed by atoms with Gasteiger partial charge in [-0.05, 0) is 170 Å².